The molecule has 2 unspecified atom stereocenters. The first-order chi connectivity index (χ1) is 14.6. The van der Waals surface area contributed by atoms with Gasteiger partial charge in [-0.3, -0.25) is 9.59 Å². The van der Waals surface area contributed by atoms with Crippen LogP contribution >= 0.6 is 11.8 Å². The van der Waals surface area contributed by atoms with Crippen molar-refractivity contribution in [2.75, 3.05) is 33.7 Å². The Morgan fingerprint density at radius 2 is 1.73 bits per heavy atom. The van der Waals surface area contributed by atoms with Crippen molar-refractivity contribution in [3.63, 3.8) is 0 Å². The number of fused-ring (bicyclic) bond motifs is 1. The third-order valence-corrected chi connectivity index (χ3v) is 6.81. The molecule has 4 N–H and O–H groups in total. The predicted octanol–water partition coefficient (Wildman–Crippen LogP) is 2.04. The lowest BCUT2D eigenvalue weighted by Crippen LogP contribution is -2.47. The fraction of sp³-hybridized carbons (Fsp3) is 0.478. The molecule has 0 aromatic heterocycles. The van der Waals surface area contributed by atoms with E-state index < -0.39 is 4.87 Å². The fourth-order valence-electron chi connectivity index (χ4n) is 3.72. The van der Waals surface area contributed by atoms with Crippen molar-refractivity contribution in [1.82, 2.24) is 21.3 Å². The Hall–Kier alpha value is -2.09. The van der Waals surface area contributed by atoms with E-state index in [1.54, 1.807) is 7.05 Å². The SMILES string of the molecule is CNCCCCCNC(=O)C1SC1(Cc1ccc2ccccc2c1)NC(=O)CNC. The van der Waals surface area contributed by atoms with Crippen molar-refractivity contribution in [3.05, 3.63) is 48.0 Å². The van der Waals surface area contributed by atoms with Crippen LogP contribution in [-0.4, -0.2) is 55.7 Å². The number of benzene rings is 2. The maximum atomic E-state index is 12.7. The number of amides is 2. The maximum absolute atomic E-state index is 12.7. The minimum atomic E-state index is -0.577. The van der Waals surface area contributed by atoms with Gasteiger partial charge in [0.05, 0.1) is 6.54 Å². The van der Waals surface area contributed by atoms with E-state index in [-0.39, 0.29) is 23.6 Å². The molecule has 1 saturated heterocycles. The highest BCUT2D eigenvalue weighted by atomic mass is 32.2. The van der Waals surface area contributed by atoms with Crippen LogP contribution in [0.4, 0.5) is 0 Å². The summed E-state index contributed by atoms with van der Waals surface area (Å²) in [5.41, 5.74) is 1.12. The fourth-order valence-corrected chi connectivity index (χ4v) is 4.93. The molecule has 1 aliphatic rings. The van der Waals surface area contributed by atoms with Gasteiger partial charge in [0.15, 0.2) is 0 Å². The average molecular weight is 429 g/mol. The number of hydrogen-bond acceptors (Lipinski definition) is 5. The van der Waals surface area contributed by atoms with Crippen LogP contribution in [0.5, 0.6) is 0 Å². The molecule has 3 rings (SSSR count). The molecule has 1 heterocycles. The van der Waals surface area contributed by atoms with Gasteiger partial charge in [0.2, 0.25) is 11.8 Å². The molecule has 2 aromatic carbocycles. The van der Waals surface area contributed by atoms with E-state index in [4.69, 9.17) is 0 Å². The van der Waals surface area contributed by atoms with E-state index in [1.165, 1.54) is 22.5 Å². The van der Waals surface area contributed by atoms with Crippen molar-refractivity contribution < 1.29 is 9.59 Å². The Labute approximate surface area is 182 Å². The van der Waals surface area contributed by atoms with E-state index in [2.05, 4.69) is 51.6 Å². The van der Waals surface area contributed by atoms with Gasteiger partial charge in [-0.2, -0.15) is 0 Å². The second kappa shape index (κ2) is 10.8. The van der Waals surface area contributed by atoms with Gasteiger partial charge in [-0.25, -0.2) is 0 Å². The zero-order valence-electron chi connectivity index (χ0n) is 17.8. The number of likely N-dealkylation sites (N-methyl/N-ethyl adjacent to an activating group) is 1. The normalized spacial score (nSPS) is 20.1. The number of hydrogen-bond donors (Lipinski definition) is 4. The van der Waals surface area contributed by atoms with Crippen LogP contribution in [0.15, 0.2) is 42.5 Å². The number of thioether (sulfide) groups is 1. The highest BCUT2D eigenvalue weighted by molar-refractivity contribution is 8.09. The highest BCUT2D eigenvalue weighted by Gasteiger charge is 2.60. The summed E-state index contributed by atoms with van der Waals surface area (Å²) >= 11 is 1.54. The Kier molecular flexibility index (Phi) is 8.13. The maximum Gasteiger partial charge on any atom is 0.236 e. The summed E-state index contributed by atoms with van der Waals surface area (Å²) in [6, 6.07) is 14.6. The quantitative estimate of drug-likeness (QED) is 0.307. The Balaban J connectivity index is 1.63. The van der Waals surface area contributed by atoms with E-state index in [0.29, 0.717) is 13.0 Å². The van der Waals surface area contributed by atoms with Gasteiger partial charge in [0.25, 0.3) is 0 Å². The highest BCUT2D eigenvalue weighted by Crippen LogP contribution is 2.53. The van der Waals surface area contributed by atoms with Crippen LogP contribution in [0.1, 0.15) is 24.8 Å². The van der Waals surface area contributed by atoms with Crippen molar-refractivity contribution in [2.24, 2.45) is 0 Å². The summed E-state index contributed by atoms with van der Waals surface area (Å²) < 4.78 is 0. The molecule has 30 heavy (non-hydrogen) atoms. The Morgan fingerprint density at radius 1 is 0.967 bits per heavy atom. The molecule has 2 aromatic rings. The number of carbonyl (C=O) groups excluding carboxylic acids is 2. The third kappa shape index (κ3) is 5.97. The molecule has 0 radical (unpaired) electrons. The Morgan fingerprint density at radius 3 is 2.50 bits per heavy atom. The summed E-state index contributed by atoms with van der Waals surface area (Å²) in [6.07, 6.45) is 3.78. The van der Waals surface area contributed by atoms with Crippen LogP contribution in [0.2, 0.25) is 0 Å². The lowest BCUT2D eigenvalue weighted by Gasteiger charge is -2.18. The molecule has 162 valence electrons. The van der Waals surface area contributed by atoms with Crippen LogP contribution in [0.3, 0.4) is 0 Å². The van der Waals surface area contributed by atoms with Gasteiger partial charge in [0, 0.05) is 13.0 Å². The second-order valence-corrected chi connectivity index (χ2v) is 9.22. The number of nitrogens with one attached hydrogen (secondary N) is 4. The average Bonchev–Trinajstić information content (AvgIpc) is 3.43. The minimum absolute atomic E-state index is 0.0131. The molecule has 0 spiro atoms. The molecule has 6 nitrogen and oxygen atoms in total. The summed E-state index contributed by atoms with van der Waals surface area (Å²) in [4.78, 5) is 24.5. The zero-order valence-corrected chi connectivity index (χ0v) is 18.6. The smallest absolute Gasteiger partial charge is 0.236 e. The summed E-state index contributed by atoms with van der Waals surface area (Å²) in [5.74, 6) is -0.0766. The van der Waals surface area contributed by atoms with Gasteiger partial charge in [-0.15, -0.1) is 11.8 Å². The van der Waals surface area contributed by atoms with Gasteiger partial charge < -0.3 is 21.3 Å². The van der Waals surface area contributed by atoms with Crippen LogP contribution in [0, 0.1) is 0 Å². The van der Waals surface area contributed by atoms with Gasteiger partial charge in [-0.1, -0.05) is 48.9 Å². The molecular formula is C23H32N4O2S. The number of rotatable bonds is 12. The molecule has 1 fully saturated rings. The number of unbranched alkanes of at least 4 members (excludes halogenated alkanes) is 2. The van der Waals surface area contributed by atoms with Gasteiger partial charge >= 0.3 is 0 Å². The van der Waals surface area contributed by atoms with E-state index >= 15 is 0 Å². The van der Waals surface area contributed by atoms with Crippen molar-refractivity contribution in [3.8, 4) is 0 Å². The van der Waals surface area contributed by atoms with E-state index in [1.807, 2.05) is 19.2 Å². The molecule has 0 saturated carbocycles. The first-order valence-electron chi connectivity index (χ1n) is 10.6. The van der Waals surface area contributed by atoms with E-state index in [0.717, 1.165) is 31.4 Å². The largest absolute Gasteiger partial charge is 0.355 e. The monoisotopic (exact) mass is 428 g/mol. The topological polar surface area (TPSA) is 82.3 Å². The van der Waals surface area contributed by atoms with Gasteiger partial charge in [0.1, 0.15) is 10.1 Å². The lowest BCUT2D eigenvalue weighted by molar-refractivity contribution is -0.122. The van der Waals surface area contributed by atoms with Crippen LogP contribution < -0.4 is 21.3 Å². The first kappa shape index (κ1) is 22.6. The summed E-state index contributed by atoms with van der Waals surface area (Å²) in [7, 11) is 3.69. The number of carbonyl (C=O) groups is 2. The molecule has 2 amide bonds. The van der Waals surface area contributed by atoms with Crippen molar-refractivity contribution in [1.29, 1.82) is 0 Å². The Bertz CT molecular complexity index is 875. The van der Waals surface area contributed by atoms with Crippen LogP contribution in [0.25, 0.3) is 10.8 Å². The second-order valence-electron chi connectivity index (χ2n) is 7.78. The predicted molar refractivity (Wildman–Crippen MR) is 125 cm³/mol. The molecule has 0 bridgehead atoms. The molecular weight excluding hydrogens is 396 g/mol. The standard InChI is InChI=1S/C23H32N4O2S/c1-24-12-6-3-7-13-26-22(29)21-23(30-21,27-20(28)16-25-2)15-17-10-11-18-8-4-5-9-19(18)14-17/h4-5,8-11,14,21,24-25H,3,6-7,12-13,15-16H2,1-2H3,(H,26,29)(H,27,28). The third-order valence-electron chi connectivity index (χ3n) is 5.30. The van der Waals surface area contributed by atoms with Crippen LogP contribution in [-0.2, 0) is 16.0 Å². The molecule has 0 aliphatic carbocycles. The lowest BCUT2D eigenvalue weighted by atomic mass is 9.99. The van der Waals surface area contributed by atoms with Gasteiger partial charge in [-0.05, 0) is 49.8 Å². The molecule has 7 heteroatoms. The van der Waals surface area contributed by atoms with Crippen molar-refractivity contribution >= 4 is 34.3 Å². The zero-order chi connectivity index (χ0) is 21.4. The van der Waals surface area contributed by atoms with E-state index in [9.17, 15) is 9.59 Å². The summed E-state index contributed by atoms with van der Waals surface area (Å²) in [6.45, 7) is 1.91. The minimum Gasteiger partial charge on any atom is -0.355 e. The van der Waals surface area contributed by atoms with Crippen molar-refractivity contribution in [2.45, 2.75) is 35.8 Å². The molecule has 2 atom stereocenters. The summed E-state index contributed by atoms with van der Waals surface area (Å²) in [5, 5.41) is 14.3. The molecule has 1 aliphatic heterocycles. The first-order valence-corrected chi connectivity index (χ1v) is 11.5.